The van der Waals surface area contributed by atoms with Gasteiger partial charge in [0.25, 0.3) is 0 Å². The van der Waals surface area contributed by atoms with Crippen molar-refractivity contribution >= 4 is 29.0 Å². The summed E-state index contributed by atoms with van der Waals surface area (Å²) in [6, 6.07) is 13.4. The molecule has 1 fully saturated rings. The van der Waals surface area contributed by atoms with Gasteiger partial charge >= 0.3 is 12.0 Å². The van der Waals surface area contributed by atoms with E-state index >= 15 is 0 Å². The predicted molar refractivity (Wildman–Crippen MR) is 113 cm³/mol. The first kappa shape index (κ1) is 19.5. The average Bonchev–Trinajstić information content (AvgIpc) is 3.29. The second-order valence-electron chi connectivity index (χ2n) is 7.03. The summed E-state index contributed by atoms with van der Waals surface area (Å²) in [5, 5.41) is 7.63. The molecule has 0 saturated carbocycles. The highest BCUT2D eigenvalue weighted by Gasteiger charge is 2.34. The van der Waals surface area contributed by atoms with Gasteiger partial charge in [0, 0.05) is 49.0 Å². The minimum Gasteiger partial charge on any atom is -0.466 e. The molecule has 0 spiro atoms. The molecule has 2 aliphatic heterocycles. The second kappa shape index (κ2) is 8.67. The fraction of sp³-hybridized carbons (Fsp3) is 0.333. The van der Waals surface area contributed by atoms with Crippen LogP contribution in [0.4, 0.5) is 10.5 Å². The summed E-state index contributed by atoms with van der Waals surface area (Å²) in [5.41, 5.74) is 2.31. The third kappa shape index (κ3) is 4.28. The van der Waals surface area contributed by atoms with Gasteiger partial charge in [-0.1, -0.05) is 24.3 Å². The predicted octanol–water partition coefficient (Wildman–Crippen LogP) is 2.35. The van der Waals surface area contributed by atoms with Crippen LogP contribution in [-0.2, 0) is 9.53 Å². The van der Waals surface area contributed by atoms with Crippen molar-refractivity contribution in [3.8, 4) is 0 Å². The molecular formula is C21H24N4O3S. The van der Waals surface area contributed by atoms with Crippen molar-refractivity contribution in [3.05, 3.63) is 64.0 Å². The lowest BCUT2D eigenvalue weighted by atomic mass is 10.0. The maximum Gasteiger partial charge on any atom is 0.338 e. The molecule has 8 heteroatoms. The van der Waals surface area contributed by atoms with Crippen LogP contribution in [0, 0.1) is 0 Å². The van der Waals surface area contributed by atoms with E-state index in [0.717, 1.165) is 31.1 Å². The average molecular weight is 413 g/mol. The Hall–Kier alpha value is -2.84. The zero-order chi connectivity index (χ0) is 20.2. The van der Waals surface area contributed by atoms with Crippen LogP contribution in [0.15, 0.2) is 59.1 Å². The third-order valence-corrected chi connectivity index (χ3v) is 6.20. The molecule has 0 radical (unpaired) electrons. The Morgan fingerprint density at radius 1 is 1.14 bits per heavy atom. The number of carbonyl (C=O) groups is 2. The fourth-order valence-corrected chi connectivity index (χ4v) is 4.57. The maximum atomic E-state index is 12.6. The zero-order valence-corrected chi connectivity index (χ0v) is 17.1. The van der Waals surface area contributed by atoms with Crippen LogP contribution in [-0.4, -0.2) is 56.7 Å². The van der Waals surface area contributed by atoms with Gasteiger partial charge in [-0.25, -0.2) is 9.59 Å². The number of thiophene rings is 1. The van der Waals surface area contributed by atoms with Gasteiger partial charge < -0.3 is 20.3 Å². The maximum absolute atomic E-state index is 12.6. The lowest BCUT2D eigenvalue weighted by Crippen LogP contribution is -2.51. The number of para-hydroxylation sites is 1. The Morgan fingerprint density at radius 3 is 2.55 bits per heavy atom. The number of amides is 2. The van der Waals surface area contributed by atoms with Crippen LogP contribution < -0.4 is 15.5 Å². The van der Waals surface area contributed by atoms with E-state index in [2.05, 4.69) is 32.6 Å². The highest BCUT2D eigenvalue weighted by atomic mass is 32.1. The first-order chi connectivity index (χ1) is 14.2. The summed E-state index contributed by atoms with van der Waals surface area (Å²) in [5.74, 6) is -0.422. The van der Waals surface area contributed by atoms with Gasteiger partial charge in [-0.3, -0.25) is 4.90 Å². The second-order valence-corrected chi connectivity index (χ2v) is 8.01. The van der Waals surface area contributed by atoms with E-state index in [1.54, 1.807) is 0 Å². The third-order valence-electron chi connectivity index (χ3n) is 5.26. The minimum absolute atomic E-state index is 0.297. The smallest absolute Gasteiger partial charge is 0.338 e. The molecule has 2 aliphatic rings. The molecule has 2 amide bonds. The van der Waals surface area contributed by atoms with Crippen molar-refractivity contribution in [2.75, 3.05) is 44.7 Å². The molecule has 1 aromatic heterocycles. The van der Waals surface area contributed by atoms with Crippen LogP contribution in [0.25, 0.3) is 0 Å². The standard InChI is InChI=1S/C21H24N4O3S/c1-28-20(26)18-16(22-21(27)23-19(18)17-8-5-13-29-17)14-24-9-11-25(12-10-24)15-6-3-2-4-7-15/h2-8,13,19H,9-12,14H2,1H3,(H2,22,23,27)/t19-/m1/s1. The van der Waals surface area contributed by atoms with Crippen molar-refractivity contribution in [2.24, 2.45) is 0 Å². The van der Waals surface area contributed by atoms with Gasteiger partial charge in [-0.2, -0.15) is 0 Å². The molecule has 2 aromatic rings. The van der Waals surface area contributed by atoms with Gasteiger partial charge in [-0.15, -0.1) is 11.3 Å². The molecule has 3 heterocycles. The van der Waals surface area contributed by atoms with Gasteiger partial charge in [0.1, 0.15) is 0 Å². The summed E-state index contributed by atoms with van der Waals surface area (Å²) in [6.45, 7) is 3.98. The Kier molecular flexibility index (Phi) is 5.82. The van der Waals surface area contributed by atoms with E-state index in [1.807, 2.05) is 35.7 Å². The molecule has 4 rings (SSSR count). The molecule has 0 aliphatic carbocycles. The number of esters is 1. The van der Waals surface area contributed by atoms with Crippen molar-refractivity contribution in [1.82, 2.24) is 15.5 Å². The summed E-state index contributed by atoms with van der Waals surface area (Å²) >= 11 is 1.50. The quantitative estimate of drug-likeness (QED) is 0.738. The number of urea groups is 1. The van der Waals surface area contributed by atoms with Crippen LogP contribution in [0.5, 0.6) is 0 Å². The van der Waals surface area contributed by atoms with Gasteiger partial charge in [0.15, 0.2) is 0 Å². The Balaban J connectivity index is 1.52. The topological polar surface area (TPSA) is 73.9 Å². The summed E-state index contributed by atoms with van der Waals surface area (Å²) in [6.07, 6.45) is 0. The van der Waals surface area contributed by atoms with E-state index in [4.69, 9.17) is 4.74 Å². The molecule has 1 aromatic carbocycles. The van der Waals surface area contributed by atoms with Crippen molar-refractivity contribution in [1.29, 1.82) is 0 Å². The van der Waals surface area contributed by atoms with Gasteiger partial charge in [-0.05, 0) is 23.6 Å². The Bertz CT molecular complexity index is 890. The first-order valence-corrected chi connectivity index (χ1v) is 10.5. The van der Waals surface area contributed by atoms with E-state index in [1.165, 1.54) is 24.1 Å². The normalized spacial score (nSPS) is 20.2. The van der Waals surface area contributed by atoms with Gasteiger partial charge in [0.2, 0.25) is 0 Å². The van der Waals surface area contributed by atoms with Crippen LogP contribution in [0.3, 0.4) is 0 Å². The number of piperazine rings is 1. The SMILES string of the molecule is COC(=O)C1=C(CN2CCN(c3ccccc3)CC2)NC(=O)N[C@@H]1c1cccs1. The summed E-state index contributed by atoms with van der Waals surface area (Å²) in [4.78, 5) is 30.4. The van der Waals surface area contributed by atoms with Crippen LogP contribution in [0.2, 0.25) is 0 Å². The highest BCUT2D eigenvalue weighted by molar-refractivity contribution is 7.10. The number of carbonyl (C=O) groups excluding carboxylic acids is 2. The van der Waals surface area contributed by atoms with Crippen LogP contribution >= 0.6 is 11.3 Å². The number of benzene rings is 1. The molecule has 1 saturated heterocycles. The van der Waals surface area contributed by atoms with Gasteiger partial charge in [0.05, 0.1) is 18.7 Å². The minimum atomic E-state index is -0.489. The number of nitrogens with zero attached hydrogens (tertiary/aromatic N) is 2. The van der Waals surface area contributed by atoms with Crippen molar-refractivity contribution < 1.29 is 14.3 Å². The number of hydrogen-bond acceptors (Lipinski definition) is 6. The monoisotopic (exact) mass is 412 g/mol. The van der Waals surface area contributed by atoms with E-state index in [-0.39, 0.29) is 6.03 Å². The molecule has 29 heavy (non-hydrogen) atoms. The van der Waals surface area contributed by atoms with E-state index in [0.29, 0.717) is 17.8 Å². The lowest BCUT2D eigenvalue weighted by Gasteiger charge is -2.37. The van der Waals surface area contributed by atoms with Crippen molar-refractivity contribution in [3.63, 3.8) is 0 Å². The molecule has 0 bridgehead atoms. The van der Waals surface area contributed by atoms with E-state index in [9.17, 15) is 9.59 Å². The number of nitrogens with one attached hydrogen (secondary N) is 2. The van der Waals surface area contributed by atoms with Crippen molar-refractivity contribution in [2.45, 2.75) is 6.04 Å². The highest BCUT2D eigenvalue weighted by Crippen LogP contribution is 2.31. The molecule has 7 nitrogen and oxygen atoms in total. The summed E-state index contributed by atoms with van der Waals surface area (Å²) < 4.78 is 5.04. The first-order valence-electron chi connectivity index (χ1n) is 9.60. The Morgan fingerprint density at radius 2 is 1.90 bits per heavy atom. The zero-order valence-electron chi connectivity index (χ0n) is 16.3. The molecule has 0 unspecified atom stereocenters. The lowest BCUT2D eigenvalue weighted by molar-refractivity contribution is -0.136. The number of anilines is 1. The fourth-order valence-electron chi connectivity index (χ4n) is 3.79. The Labute approximate surface area is 173 Å². The largest absolute Gasteiger partial charge is 0.466 e. The number of ether oxygens (including phenoxy) is 1. The number of methoxy groups -OCH3 is 1. The molecule has 152 valence electrons. The number of hydrogen-bond donors (Lipinski definition) is 2. The molecular weight excluding hydrogens is 388 g/mol. The van der Waals surface area contributed by atoms with E-state index < -0.39 is 12.0 Å². The van der Waals surface area contributed by atoms with Crippen LogP contribution in [0.1, 0.15) is 10.9 Å². The summed E-state index contributed by atoms with van der Waals surface area (Å²) in [7, 11) is 1.37. The number of rotatable bonds is 5. The molecule has 2 N–H and O–H groups in total. The molecule has 1 atom stereocenters.